The minimum absolute atomic E-state index is 0.213. The van der Waals surface area contributed by atoms with E-state index >= 15 is 0 Å². The monoisotopic (exact) mass is 411 g/mol. The van der Waals surface area contributed by atoms with Crippen LogP contribution in [0.1, 0.15) is 11.3 Å². The number of methoxy groups -OCH3 is 1. The molecule has 4 aromatic rings. The van der Waals surface area contributed by atoms with Gasteiger partial charge in [-0.1, -0.05) is 42.1 Å². The molecule has 0 N–H and O–H groups in total. The topological polar surface area (TPSA) is 66.2 Å². The number of nitrogens with zero attached hydrogens (tertiary/aromatic N) is 3. The number of carbonyl (C=O) groups excluding carboxylic acids is 1. The van der Waals surface area contributed by atoms with Crippen LogP contribution in [0, 0.1) is 0 Å². The Labute approximate surface area is 170 Å². The average molecular weight is 412 g/mol. The lowest BCUT2D eigenvalue weighted by Crippen LogP contribution is -2.14. The van der Waals surface area contributed by atoms with Gasteiger partial charge < -0.3 is 9.47 Å². The number of thiophene rings is 1. The number of thioether (sulfide) groups is 1. The molecule has 0 aliphatic carbocycles. The maximum Gasteiger partial charge on any atom is 0.421 e. The van der Waals surface area contributed by atoms with Crippen molar-refractivity contribution >= 4 is 40.2 Å². The molecule has 0 radical (unpaired) electrons. The second-order valence-corrected chi connectivity index (χ2v) is 7.57. The summed E-state index contributed by atoms with van der Waals surface area (Å²) in [6.07, 6.45) is 1.26. The Morgan fingerprint density at radius 2 is 2.07 bits per heavy atom. The molecule has 8 heteroatoms. The molecule has 0 aliphatic rings. The van der Waals surface area contributed by atoms with Gasteiger partial charge in [-0.15, -0.1) is 11.3 Å². The quantitative estimate of drug-likeness (QED) is 0.417. The third-order valence-corrected chi connectivity index (χ3v) is 5.72. The summed E-state index contributed by atoms with van der Waals surface area (Å²) in [6.45, 7) is 0.213. The predicted octanol–water partition coefficient (Wildman–Crippen LogP) is 4.98. The highest BCUT2D eigenvalue weighted by Crippen LogP contribution is 2.29. The van der Waals surface area contributed by atoms with Crippen LogP contribution in [0.25, 0.3) is 11.0 Å². The van der Waals surface area contributed by atoms with Crippen molar-refractivity contribution in [2.45, 2.75) is 17.5 Å². The smallest absolute Gasteiger partial charge is 0.421 e. The van der Waals surface area contributed by atoms with E-state index in [0.29, 0.717) is 10.9 Å². The number of pyridine rings is 1. The molecule has 0 aliphatic heterocycles. The number of ether oxygens (including phenoxy) is 2. The Morgan fingerprint density at radius 3 is 2.89 bits per heavy atom. The van der Waals surface area contributed by atoms with Crippen molar-refractivity contribution in [3.05, 3.63) is 70.7 Å². The first-order valence-corrected chi connectivity index (χ1v) is 10.4. The first-order chi connectivity index (χ1) is 13.7. The number of benzene rings is 1. The zero-order chi connectivity index (χ0) is 19.3. The molecule has 28 heavy (non-hydrogen) atoms. The lowest BCUT2D eigenvalue weighted by molar-refractivity contribution is 0.140. The fourth-order valence-electron chi connectivity index (χ4n) is 2.65. The number of carbonyl (C=O) groups is 1. The van der Waals surface area contributed by atoms with Gasteiger partial charge >= 0.3 is 6.09 Å². The van der Waals surface area contributed by atoms with Crippen LogP contribution < -0.4 is 4.74 Å². The van der Waals surface area contributed by atoms with E-state index in [2.05, 4.69) is 9.97 Å². The van der Waals surface area contributed by atoms with E-state index in [1.54, 1.807) is 19.4 Å². The maximum atomic E-state index is 12.8. The number of hydrogen-bond acceptors (Lipinski definition) is 7. The van der Waals surface area contributed by atoms with Gasteiger partial charge in [0, 0.05) is 28.8 Å². The summed E-state index contributed by atoms with van der Waals surface area (Å²) in [5.74, 6) is 1.31. The molecule has 4 rings (SSSR count). The molecule has 3 aromatic heterocycles. The Bertz CT molecular complexity index is 1090. The minimum atomic E-state index is -0.439. The van der Waals surface area contributed by atoms with Crippen molar-refractivity contribution in [2.24, 2.45) is 0 Å². The molecule has 6 nitrogen and oxygen atoms in total. The molecular formula is C20H17N3O3S2. The van der Waals surface area contributed by atoms with Crippen LogP contribution in [-0.2, 0) is 17.1 Å². The lowest BCUT2D eigenvalue weighted by atomic mass is 10.2. The Kier molecular flexibility index (Phi) is 5.59. The fourth-order valence-corrected chi connectivity index (χ4v) is 4.27. The molecule has 0 spiro atoms. The molecule has 0 amide bonds. The molecule has 0 fully saturated rings. The molecule has 0 atom stereocenters. The highest BCUT2D eigenvalue weighted by molar-refractivity contribution is 7.98. The average Bonchev–Trinajstić information content (AvgIpc) is 3.32. The van der Waals surface area contributed by atoms with Crippen LogP contribution in [0.15, 0.2) is 64.6 Å². The SMILES string of the molecule is COc1ccnc(CSc2nc3cscc3n2C(=O)OCc2ccccc2)c1. The molecule has 142 valence electrons. The number of rotatable bonds is 6. The number of aromatic nitrogens is 3. The van der Waals surface area contributed by atoms with Crippen LogP contribution >= 0.6 is 23.1 Å². The molecule has 1 aromatic carbocycles. The summed E-state index contributed by atoms with van der Waals surface area (Å²) < 4.78 is 12.3. The van der Waals surface area contributed by atoms with Crippen LogP contribution in [0.5, 0.6) is 5.75 Å². The summed E-state index contributed by atoms with van der Waals surface area (Å²) in [6, 6.07) is 13.3. The second-order valence-electron chi connectivity index (χ2n) is 5.89. The lowest BCUT2D eigenvalue weighted by Gasteiger charge is -2.09. The standard InChI is InChI=1S/C20H17N3O3S2/c1-25-16-7-8-21-15(9-16)11-28-19-22-17-12-27-13-18(17)23(19)20(24)26-10-14-5-3-2-4-6-14/h2-9,12-13H,10-11H2,1H3. The molecule has 0 unspecified atom stereocenters. The van der Waals surface area contributed by atoms with Crippen LogP contribution in [0.3, 0.4) is 0 Å². The van der Waals surface area contributed by atoms with Gasteiger partial charge in [-0.05, 0) is 11.6 Å². The van der Waals surface area contributed by atoms with Gasteiger partial charge in [-0.25, -0.2) is 14.3 Å². The van der Waals surface area contributed by atoms with E-state index in [1.807, 2.05) is 47.2 Å². The highest BCUT2D eigenvalue weighted by Gasteiger charge is 2.19. The maximum absolute atomic E-state index is 12.8. The first-order valence-electron chi connectivity index (χ1n) is 8.52. The van der Waals surface area contributed by atoms with Gasteiger partial charge in [0.25, 0.3) is 0 Å². The fraction of sp³-hybridized carbons (Fsp3) is 0.150. The number of hydrogen-bond donors (Lipinski definition) is 0. The summed E-state index contributed by atoms with van der Waals surface area (Å²) >= 11 is 2.94. The van der Waals surface area contributed by atoms with Gasteiger partial charge in [0.2, 0.25) is 0 Å². The zero-order valence-corrected chi connectivity index (χ0v) is 16.7. The van der Waals surface area contributed by atoms with Crippen molar-refractivity contribution < 1.29 is 14.3 Å². The third kappa shape index (κ3) is 4.02. The van der Waals surface area contributed by atoms with Crippen LogP contribution in [0.2, 0.25) is 0 Å². The van der Waals surface area contributed by atoms with Crippen LogP contribution in [-0.4, -0.2) is 27.7 Å². The van der Waals surface area contributed by atoms with Gasteiger partial charge in [0.1, 0.15) is 17.9 Å². The molecule has 0 saturated heterocycles. The summed E-state index contributed by atoms with van der Waals surface area (Å²) in [4.78, 5) is 21.7. The van der Waals surface area contributed by atoms with E-state index in [-0.39, 0.29) is 6.61 Å². The third-order valence-electron chi connectivity index (χ3n) is 4.03. The molecule has 3 heterocycles. The number of imidazole rings is 1. The Balaban J connectivity index is 1.53. The Hall–Kier alpha value is -2.84. The van der Waals surface area contributed by atoms with Gasteiger partial charge in [0.15, 0.2) is 5.16 Å². The molecule has 0 saturated carbocycles. The predicted molar refractivity (Wildman–Crippen MR) is 110 cm³/mol. The van der Waals surface area contributed by atoms with E-state index < -0.39 is 6.09 Å². The van der Waals surface area contributed by atoms with Crippen molar-refractivity contribution in [1.29, 1.82) is 0 Å². The summed E-state index contributed by atoms with van der Waals surface area (Å²) in [5, 5.41) is 4.41. The Morgan fingerprint density at radius 1 is 1.21 bits per heavy atom. The molecule has 0 bridgehead atoms. The van der Waals surface area contributed by atoms with Gasteiger partial charge in [0.05, 0.1) is 18.3 Å². The van der Waals surface area contributed by atoms with Crippen LogP contribution in [0.4, 0.5) is 4.79 Å². The van der Waals surface area contributed by atoms with Crippen molar-refractivity contribution in [3.8, 4) is 5.75 Å². The van der Waals surface area contributed by atoms with Crippen molar-refractivity contribution in [1.82, 2.24) is 14.5 Å². The first kappa shape index (κ1) is 18.5. The second kappa shape index (κ2) is 8.45. The summed E-state index contributed by atoms with van der Waals surface area (Å²) in [7, 11) is 1.62. The van der Waals surface area contributed by atoms with E-state index in [0.717, 1.165) is 28.0 Å². The summed E-state index contributed by atoms with van der Waals surface area (Å²) in [5.41, 5.74) is 3.32. The molecular weight excluding hydrogens is 394 g/mol. The largest absolute Gasteiger partial charge is 0.497 e. The van der Waals surface area contributed by atoms with E-state index in [9.17, 15) is 4.79 Å². The zero-order valence-electron chi connectivity index (χ0n) is 15.1. The van der Waals surface area contributed by atoms with E-state index in [1.165, 1.54) is 27.7 Å². The van der Waals surface area contributed by atoms with Crippen molar-refractivity contribution in [3.63, 3.8) is 0 Å². The van der Waals surface area contributed by atoms with Crippen molar-refractivity contribution in [2.75, 3.05) is 7.11 Å². The van der Waals surface area contributed by atoms with E-state index in [4.69, 9.17) is 9.47 Å². The van der Waals surface area contributed by atoms with Gasteiger partial charge in [-0.3, -0.25) is 4.98 Å². The highest BCUT2D eigenvalue weighted by atomic mass is 32.2. The van der Waals surface area contributed by atoms with Gasteiger partial charge in [-0.2, -0.15) is 0 Å². The normalized spacial score (nSPS) is 10.9. The number of fused-ring (bicyclic) bond motifs is 1. The minimum Gasteiger partial charge on any atom is -0.497 e.